The van der Waals surface area contributed by atoms with Gasteiger partial charge in [-0.2, -0.15) is 11.8 Å². The Morgan fingerprint density at radius 3 is 2.30 bits per heavy atom. The Labute approximate surface area is 129 Å². The lowest BCUT2D eigenvalue weighted by Crippen LogP contribution is -2.24. The minimum atomic E-state index is 0.491. The van der Waals surface area contributed by atoms with E-state index in [4.69, 9.17) is 0 Å². The van der Waals surface area contributed by atoms with Gasteiger partial charge in [0, 0.05) is 11.8 Å². The first-order valence-electron chi connectivity index (χ1n) is 7.92. The van der Waals surface area contributed by atoms with Crippen LogP contribution in [0.4, 0.5) is 0 Å². The van der Waals surface area contributed by atoms with Gasteiger partial charge in [-0.1, -0.05) is 50.1 Å². The largest absolute Gasteiger partial charge is 0.309 e. The zero-order chi connectivity index (χ0) is 15.0. The number of hydrogen-bond donors (Lipinski definition) is 1. The second-order valence-electron chi connectivity index (χ2n) is 6.19. The molecule has 1 nitrogen and oxygen atoms in total. The van der Waals surface area contributed by atoms with Crippen LogP contribution in [0.3, 0.4) is 0 Å². The molecular formula is C18H31NS. The molecule has 20 heavy (non-hydrogen) atoms. The minimum Gasteiger partial charge on any atom is -0.309 e. The SMILES string of the molecule is CCCNC(CSCCC(C)C)c1cc(C)cc(C)c1. The smallest absolute Gasteiger partial charge is 0.0412 e. The van der Waals surface area contributed by atoms with E-state index < -0.39 is 0 Å². The lowest BCUT2D eigenvalue weighted by molar-refractivity contribution is 0.575. The van der Waals surface area contributed by atoms with E-state index in [-0.39, 0.29) is 0 Å². The molecule has 0 bridgehead atoms. The molecule has 0 spiro atoms. The van der Waals surface area contributed by atoms with Crippen molar-refractivity contribution >= 4 is 11.8 Å². The molecule has 0 aliphatic rings. The summed E-state index contributed by atoms with van der Waals surface area (Å²) in [6.45, 7) is 12.3. The van der Waals surface area contributed by atoms with E-state index in [0.29, 0.717) is 6.04 Å². The highest BCUT2D eigenvalue weighted by atomic mass is 32.2. The minimum absolute atomic E-state index is 0.491. The van der Waals surface area contributed by atoms with E-state index in [1.165, 1.54) is 41.0 Å². The molecule has 0 amide bonds. The van der Waals surface area contributed by atoms with E-state index >= 15 is 0 Å². The molecule has 1 unspecified atom stereocenters. The van der Waals surface area contributed by atoms with Gasteiger partial charge < -0.3 is 5.32 Å². The lowest BCUT2D eigenvalue weighted by atomic mass is 10.0. The standard InChI is InChI=1S/C18H31NS/c1-6-8-19-18(13-20-9-7-14(2)3)17-11-15(4)10-16(5)12-17/h10-12,14,18-19H,6-9,13H2,1-5H3. The van der Waals surface area contributed by atoms with Crippen molar-refractivity contribution in [3.63, 3.8) is 0 Å². The van der Waals surface area contributed by atoms with E-state index in [2.05, 4.69) is 69.9 Å². The summed E-state index contributed by atoms with van der Waals surface area (Å²) in [7, 11) is 0. The number of aryl methyl sites for hydroxylation is 2. The molecule has 0 saturated carbocycles. The number of nitrogens with one attached hydrogen (secondary N) is 1. The third-order valence-corrected chi connectivity index (χ3v) is 4.50. The quantitative estimate of drug-likeness (QED) is 0.634. The molecule has 0 aliphatic carbocycles. The van der Waals surface area contributed by atoms with Crippen LogP contribution in [0, 0.1) is 19.8 Å². The Morgan fingerprint density at radius 1 is 1.10 bits per heavy atom. The number of thioether (sulfide) groups is 1. The zero-order valence-electron chi connectivity index (χ0n) is 13.8. The van der Waals surface area contributed by atoms with E-state index in [0.717, 1.165) is 12.5 Å². The second kappa shape index (κ2) is 9.46. The van der Waals surface area contributed by atoms with Crippen LogP contribution in [-0.4, -0.2) is 18.1 Å². The highest BCUT2D eigenvalue weighted by Gasteiger charge is 2.11. The summed E-state index contributed by atoms with van der Waals surface area (Å²) in [6.07, 6.45) is 2.51. The van der Waals surface area contributed by atoms with Crippen molar-refractivity contribution in [2.75, 3.05) is 18.1 Å². The molecule has 1 rings (SSSR count). The molecule has 2 heteroatoms. The van der Waals surface area contributed by atoms with Crippen molar-refractivity contribution < 1.29 is 0 Å². The Hall–Kier alpha value is -0.470. The predicted molar refractivity (Wildman–Crippen MR) is 93.7 cm³/mol. The molecule has 0 saturated heterocycles. The molecule has 114 valence electrons. The summed E-state index contributed by atoms with van der Waals surface area (Å²) in [5, 5.41) is 3.71. The summed E-state index contributed by atoms with van der Waals surface area (Å²) in [4.78, 5) is 0. The van der Waals surface area contributed by atoms with E-state index in [1.807, 2.05) is 0 Å². The highest BCUT2D eigenvalue weighted by Crippen LogP contribution is 2.22. The van der Waals surface area contributed by atoms with Crippen molar-refractivity contribution in [3.05, 3.63) is 34.9 Å². The van der Waals surface area contributed by atoms with Gasteiger partial charge in [0.15, 0.2) is 0 Å². The van der Waals surface area contributed by atoms with Crippen molar-refractivity contribution in [1.29, 1.82) is 0 Å². The summed E-state index contributed by atoms with van der Waals surface area (Å²) in [5.41, 5.74) is 4.19. The Balaban J connectivity index is 2.62. The van der Waals surface area contributed by atoms with Gasteiger partial charge in [0.25, 0.3) is 0 Å². The third-order valence-electron chi connectivity index (χ3n) is 3.41. The van der Waals surface area contributed by atoms with Crippen LogP contribution in [0.15, 0.2) is 18.2 Å². The summed E-state index contributed by atoms with van der Waals surface area (Å²) >= 11 is 2.08. The molecule has 0 radical (unpaired) electrons. The van der Waals surface area contributed by atoms with Crippen LogP contribution in [0.25, 0.3) is 0 Å². The summed E-state index contributed by atoms with van der Waals surface area (Å²) in [6, 6.07) is 7.42. The number of rotatable bonds is 9. The van der Waals surface area contributed by atoms with Gasteiger partial charge in [-0.05, 0) is 50.5 Å². The van der Waals surface area contributed by atoms with Crippen molar-refractivity contribution in [2.45, 2.75) is 53.5 Å². The van der Waals surface area contributed by atoms with Gasteiger partial charge in [-0.25, -0.2) is 0 Å². The van der Waals surface area contributed by atoms with Gasteiger partial charge >= 0.3 is 0 Å². The first-order valence-corrected chi connectivity index (χ1v) is 9.07. The molecule has 1 N–H and O–H groups in total. The molecule has 0 aliphatic heterocycles. The molecule has 1 aromatic rings. The first kappa shape index (κ1) is 17.6. The number of hydrogen-bond acceptors (Lipinski definition) is 2. The maximum atomic E-state index is 3.71. The highest BCUT2D eigenvalue weighted by molar-refractivity contribution is 7.99. The van der Waals surface area contributed by atoms with E-state index in [1.54, 1.807) is 0 Å². The fraction of sp³-hybridized carbons (Fsp3) is 0.667. The maximum absolute atomic E-state index is 3.71. The summed E-state index contributed by atoms with van der Waals surface area (Å²) in [5.74, 6) is 3.26. The lowest BCUT2D eigenvalue weighted by Gasteiger charge is -2.20. The topological polar surface area (TPSA) is 12.0 Å². The van der Waals surface area contributed by atoms with E-state index in [9.17, 15) is 0 Å². The van der Waals surface area contributed by atoms with Crippen molar-refractivity contribution in [2.24, 2.45) is 5.92 Å². The van der Waals surface area contributed by atoms with Crippen LogP contribution < -0.4 is 5.32 Å². The van der Waals surface area contributed by atoms with Crippen LogP contribution in [-0.2, 0) is 0 Å². The molecule has 1 atom stereocenters. The fourth-order valence-electron chi connectivity index (χ4n) is 2.32. The molecule has 1 aromatic carbocycles. The zero-order valence-corrected chi connectivity index (χ0v) is 14.6. The summed E-state index contributed by atoms with van der Waals surface area (Å²) < 4.78 is 0. The van der Waals surface area contributed by atoms with Gasteiger partial charge in [0.1, 0.15) is 0 Å². The van der Waals surface area contributed by atoms with Crippen molar-refractivity contribution in [1.82, 2.24) is 5.32 Å². The second-order valence-corrected chi connectivity index (χ2v) is 7.34. The molecule has 0 aromatic heterocycles. The molecular weight excluding hydrogens is 262 g/mol. The Kier molecular flexibility index (Phi) is 8.32. The van der Waals surface area contributed by atoms with Crippen LogP contribution >= 0.6 is 11.8 Å². The average Bonchev–Trinajstić information content (AvgIpc) is 2.36. The first-order chi connectivity index (χ1) is 9.52. The number of benzene rings is 1. The Bertz CT molecular complexity index is 367. The van der Waals surface area contributed by atoms with Gasteiger partial charge in [-0.3, -0.25) is 0 Å². The van der Waals surface area contributed by atoms with Gasteiger partial charge in [0.05, 0.1) is 0 Å². The van der Waals surface area contributed by atoms with Crippen LogP contribution in [0.5, 0.6) is 0 Å². The monoisotopic (exact) mass is 293 g/mol. The molecule has 0 fully saturated rings. The van der Waals surface area contributed by atoms with Gasteiger partial charge in [0.2, 0.25) is 0 Å². The average molecular weight is 294 g/mol. The fourth-order valence-corrected chi connectivity index (χ4v) is 3.67. The normalized spacial score (nSPS) is 12.9. The molecule has 0 heterocycles. The predicted octanol–water partition coefficient (Wildman–Crippen LogP) is 5.12. The van der Waals surface area contributed by atoms with Gasteiger partial charge in [-0.15, -0.1) is 0 Å². The van der Waals surface area contributed by atoms with Crippen molar-refractivity contribution in [3.8, 4) is 0 Å². The van der Waals surface area contributed by atoms with Crippen LogP contribution in [0.1, 0.15) is 56.3 Å². The maximum Gasteiger partial charge on any atom is 0.0412 e. The van der Waals surface area contributed by atoms with Crippen LogP contribution in [0.2, 0.25) is 0 Å². The third kappa shape index (κ3) is 6.81. The Morgan fingerprint density at radius 2 is 1.75 bits per heavy atom.